The molecule has 0 bridgehead atoms. The van der Waals surface area contributed by atoms with Crippen molar-refractivity contribution in [1.82, 2.24) is 10.6 Å². The molecule has 0 saturated heterocycles. The lowest BCUT2D eigenvalue weighted by Gasteiger charge is -2.24. The van der Waals surface area contributed by atoms with Gasteiger partial charge in [0.05, 0.1) is 14.2 Å². The van der Waals surface area contributed by atoms with Gasteiger partial charge in [0.2, 0.25) is 6.10 Å². The van der Waals surface area contributed by atoms with Gasteiger partial charge in [-0.3, -0.25) is 9.59 Å². The van der Waals surface area contributed by atoms with Crippen molar-refractivity contribution in [2.45, 2.75) is 44.9 Å². The van der Waals surface area contributed by atoms with Crippen molar-refractivity contribution in [3.63, 3.8) is 0 Å². The second-order valence-electron chi connectivity index (χ2n) is 8.31. The topological polar surface area (TPSA) is 103 Å². The number of esters is 1. The zero-order valence-corrected chi connectivity index (χ0v) is 19.3. The summed E-state index contributed by atoms with van der Waals surface area (Å²) in [5, 5.41) is 5.61. The largest absolute Gasteiger partial charge is 0.497 e. The summed E-state index contributed by atoms with van der Waals surface area (Å²) in [4.78, 5) is 38.9. The highest BCUT2D eigenvalue weighted by atomic mass is 16.5. The van der Waals surface area contributed by atoms with Crippen LogP contribution in [-0.4, -0.2) is 44.1 Å². The van der Waals surface area contributed by atoms with E-state index in [1.165, 1.54) is 14.2 Å². The van der Waals surface area contributed by atoms with E-state index in [4.69, 9.17) is 14.2 Å². The molecule has 8 nitrogen and oxygen atoms in total. The number of ether oxygens (including phenoxy) is 3. The van der Waals surface area contributed by atoms with Crippen LogP contribution in [0.4, 0.5) is 0 Å². The molecule has 1 saturated carbocycles. The van der Waals surface area contributed by atoms with E-state index in [1.54, 1.807) is 56.3 Å². The fourth-order valence-corrected chi connectivity index (χ4v) is 3.26. The van der Waals surface area contributed by atoms with Crippen LogP contribution in [0.3, 0.4) is 0 Å². The van der Waals surface area contributed by atoms with Crippen LogP contribution in [-0.2, 0) is 14.3 Å². The van der Waals surface area contributed by atoms with Crippen molar-refractivity contribution >= 4 is 17.8 Å². The zero-order valence-electron chi connectivity index (χ0n) is 19.3. The minimum atomic E-state index is -1.10. The van der Waals surface area contributed by atoms with E-state index in [0.717, 1.165) is 12.8 Å². The quantitative estimate of drug-likeness (QED) is 0.535. The number of methoxy groups -OCH3 is 2. The van der Waals surface area contributed by atoms with Gasteiger partial charge in [0.15, 0.2) is 0 Å². The Kier molecular flexibility index (Phi) is 7.92. The molecule has 1 unspecified atom stereocenters. The monoisotopic (exact) mass is 454 g/mol. The molecular weight excluding hydrogens is 424 g/mol. The first kappa shape index (κ1) is 24.1. The molecule has 2 aromatic rings. The van der Waals surface area contributed by atoms with Gasteiger partial charge >= 0.3 is 5.97 Å². The molecule has 2 atom stereocenters. The number of carbonyl (C=O) groups is 3. The number of nitrogens with one attached hydrogen (secondary N) is 2. The molecule has 3 rings (SSSR count). The Hall–Kier alpha value is -3.55. The Morgan fingerprint density at radius 2 is 1.55 bits per heavy atom. The fraction of sp³-hybridized carbons (Fsp3) is 0.400. The van der Waals surface area contributed by atoms with E-state index >= 15 is 0 Å². The predicted molar refractivity (Wildman–Crippen MR) is 122 cm³/mol. The van der Waals surface area contributed by atoms with Crippen LogP contribution in [0, 0.1) is 5.92 Å². The minimum absolute atomic E-state index is 0.117. The molecule has 0 aliphatic heterocycles. The minimum Gasteiger partial charge on any atom is -0.497 e. The highest BCUT2D eigenvalue weighted by Gasteiger charge is 2.34. The van der Waals surface area contributed by atoms with Gasteiger partial charge in [-0.15, -0.1) is 0 Å². The third-order valence-electron chi connectivity index (χ3n) is 5.32. The molecule has 2 aromatic carbocycles. The zero-order chi connectivity index (χ0) is 24.0. The lowest BCUT2D eigenvalue weighted by Crippen LogP contribution is -2.46. The van der Waals surface area contributed by atoms with Gasteiger partial charge in [0, 0.05) is 23.2 Å². The normalized spacial score (nSPS) is 14.7. The smallest absolute Gasteiger partial charge is 0.330 e. The lowest BCUT2D eigenvalue weighted by atomic mass is 10.0. The summed E-state index contributed by atoms with van der Waals surface area (Å²) in [6.07, 6.45) is 0.723. The highest BCUT2D eigenvalue weighted by molar-refractivity contribution is 5.98. The van der Waals surface area contributed by atoms with Gasteiger partial charge in [-0.2, -0.15) is 0 Å². The first-order valence-corrected chi connectivity index (χ1v) is 10.9. The fourth-order valence-electron chi connectivity index (χ4n) is 3.26. The van der Waals surface area contributed by atoms with Crippen LogP contribution in [0.2, 0.25) is 0 Å². The number of hydrogen-bond acceptors (Lipinski definition) is 6. The van der Waals surface area contributed by atoms with Crippen molar-refractivity contribution in [3.8, 4) is 11.5 Å². The van der Waals surface area contributed by atoms with Gasteiger partial charge in [-0.25, -0.2) is 4.79 Å². The molecule has 0 aromatic heterocycles. The standard InChI is InChI=1S/C25H30N2O6/c1-15(2)21(27-23(28)17-12-19(31-3)14-20(13-17)32-4)25(30)33-22(16-8-6-5-7-9-16)24(29)26-18-10-11-18/h5-9,12-15,18,21-22H,10-11H2,1-4H3,(H,26,29)(H,27,28)/t21-,22?/m0/s1. The molecule has 33 heavy (non-hydrogen) atoms. The number of hydrogen-bond donors (Lipinski definition) is 2. The van der Waals surface area contributed by atoms with Crippen molar-refractivity contribution in [2.75, 3.05) is 14.2 Å². The Bertz CT molecular complexity index is 965. The van der Waals surface area contributed by atoms with Crippen LogP contribution >= 0.6 is 0 Å². The third kappa shape index (κ3) is 6.47. The molecule has 1 aliphatic carbocycles. The van der Waals surface area contributed by atoms with E-state index in [1.807, 2.05) is 6.07 Å². The average molecular weight is 455 g/mol. The van der Waals surface area contributed by atoms with Crippen molar-refractivity contribution in [1.29, 1.82) is 0 Å². The Labute approximate surface area is 193 Å². The van der Waals surface area contributed by atoms with E-state index in [2.05, 4.69) is 10.6 Å². The highest BCUT2D eigenvalue weighted by Crippen LogP contribution is 2.25. The van der Waals surface area contributed by atoms with E-state index in [0.29, 0.717) is 17.1 Å². The van der Waals surface area contributed by atoms with Crippen molar-refractivity contribution in [3.05, 3.63) is 59.7 Å². The number of benzene rings is 2. The summed E-state index contributed by atoms with van der Waals surface area (Å²) in [5.74, 6) is -0.928. The number of amides is 2. The summed E-state index contributed by atoms with van der Waals surface area (Å²) in [7, 11) is 2.97. The maximum absolute atomic E-state index is 13.1. The maximum atomic E-state index is 13.1. The van der Waals surface area contributed by atoms with Gasteiger partial charge < -0.3 is 24.8 Å². The first-order chi connectivity index (χ1) is 15.8. The van der Waals surface area contributed by atoms with Gasteiger partial charge in [-0.05, 0) is 30.9 Å². The van der Waals surface area contributed by atoms with Crippen LogP contribution < -0.4 is 20.1 Å². The molecule has 1 fully saturated rings. The van der Waals surface area contributed by atoms with Gasteiger partial charge in [-0.1, -0.05) is 44.2 Å². The van der Waals surface area contributed by atoms with Crippen molar-refractivity contribution in [2.24, 2.45) is 5.92 Å². The van der Waals surface area contributed by atoms with E-state index in [-0.39, 0.29) is 23.4 Å². The predicted octanol–water partition coefficient (Wildman–Crippen LogP) is 3.02. The Balaban J connectivity index is 1.78. The second kappa shape index (κ2) is 10.8. The molecule has 176 valence electrons. The number of carbonyl (C=O) groups excluding carboxylic acids is 3. The summed E-state index contributed by atoms with van der Waals surface area (Å²) in [5.41, 5.74) is 0.839. The Morgan fingerprint density at radius 3 is 2.06 bits per heavy atom. The lowest BCUT2D eigenvalue weighted by molar-refractivity contribution is -0.159. The molecular formula is C25H30N2O6. The van der Waals surface area contributed by atoms with E-state index < -0.39 is 24.0 Å². The summed E-state index contributed by atoms with van der Waals surface area (Å²) < 4.78 is 16.1. The molecule has 1 aliphatic rings. The molecule has 8 heteroatoms. The summed E-state index contributed by atoms with van der Waals surface area (Å²) >= 11 is 0. The second-order valence-corrected chi connectivity index (χ2v) is 8.31. The number of rotatable bonds is 10. The van der Waals surface area contributed by atoms with Crippen molar-refractivity contribution < 1.29 is 28.6 Å². The third-order valence-corrected chi connectivity index (χ3v) is 5.32. The molecule has 0 spiro atoms. The summed E-state index contributed by atoms with van der Waals surface area (Å²) in [6.45, 7) is 3.58. The van der Waals surface area contributed by atoms with Gasteiger partial charge in [0.25, 0.3) is 11.8 Å². The van der Waals surface area contributed by atoms with Crippen LogP contribution in [0.1, 0.15) is 48.7 Å². The Morgan fingerprint density at radius 1 is 0.939 bits per heavy atom. The molecule has 2 N–H and O–H groups in total. The summed E-state index contributed by atoms with van der Waals surface area (Å²) in [6, 6.07) is 12.7. The molecule has 0 radical (unpaired) electrons. The maximum Gasteiger partial charge on any atom is 0.330 e. The van der Waals surface area contributed by atoms with Crippen LogP contribution in [0.15, 0.2) is 48.5 Å². The van der Waals surface area contributed by atoms with Crippen LogP contribution in [0.25, 0.3) is 0 Å². The first-order valence-electron chi connectivity index (χ1n) is 10.9. The molecule has 0 heterocycles. The van der Waals surface area contributed by atoms with Crippen LogP contribution in [0.5, 0.6) is 11.5 Å². The SMILES string of the molecule is COc1cc(OC)cc(C(=O)N[C@H](C(=O)OC(C(=O)NC2CC2)c2ccccc2)C(C)C)c1. The average Bonchev–Trinajstić information content (AvgIpc) is 3.64. The van der Waals surface area contributed by atoms with Gasteiger partial charge in [0.1, 0.15) is 17.5 Å². The van der Waals surface area contributed by atoms with E-state index in [9.17, 15) is 14.4 Å². The molecule has 2 amide bonds.